The first-order valence-electron chi connectivity index (χ1n) is 7.76. The van der Waals surface area contributed by atoms with Gasteiger partial charge in [-0.15, -0.1) is 0 Å². The number of anilines is 1. The Labute approximate surface area is 143 Å². The Morgan fingerprint density at radius 2 is 1.92 bits per heavy atom. The molecule has 0 bridgehead atoms. The van der Waals surface area contributed by atoms with E-state index in [9.17, 15) is 4.79 Å². The van der Waals surface area contributed by atoms with E-state index in [2.05, 4.69) is 15.3 Å². The van der Waals surface area contributed by atoms with Crippen LogP contribution in [0.3, 0.4) is 0 Å². The molecule has 124 valence electrons. The molecule has 0 aliphatic carbocycles. The van der Waals surface area contributed by atoms with E-state index < -0.39 is 0 Å². The van der Waals surface area contributed by atoms with E-state index >= 15 is 0 Å². The van der Waals surface area contributed by atoms with Gasteiger partial charge in [0.2, 0.25) is 0 Å². The first-order valence-corrected chi connectivity index (χ1v) is 7.76. The molecule has 0 atom stereocenters. The predicted octanol–water partition coefficient (Wildman–Crippen LogP) is 3.95. The molecule has 0 saturated carbocycles. The Hall–Kier alpha value is -3.41. The zero-order valence-electron chi connectivity index (χ0n) is 13.7. The summed E-state index contributed by atoms with van der Waals surface area (Å²) in [5.74, 6) is 1.06. The summed E-state index contributed by atoms with van der Waals surface area (Å²) < 4.78 is 10.6. The number of pyridine rings is 1. The molecule has 4 aromatic rings. The van der Waals surface area contributed by atoms with E-state index in [4.69, 9.17) is 9.15 Å². The number of ether oxygens (including phenoxy) is 1. The molecule has 0 aliphatic heterocycles. The van der Waals surface area contributed by atoms with Crippen LogP contribution in [0, 0.1) is 6.92 Å². The van der Waals surface area contributed by atoms with Crippen molar-refractivity contribution in [3.63, 3.8) is 0 Å². The van der Waals surface area contributed by atoms with Crippen LogP contribution in [0.2, 0.25) is 0 Å². The summed E-state index contributed by atoms with van der Waals surface area (Å²) in [5, 5.41) is 3.75. The molecular formula is C19H15N3O3. The summed E-state index contributed by atoms with van der Waals surface area (Å²) in [6.45, 7) is 1.78. The number of nitrogens with zero attached hydrogens (tertiary/aromatic N) is 2. The Bertz CT molecular complexity index is 1100. The maximum atomic E-state index is 12.5. The third kappa shape index (κ3) is 2.89. The number of hydrogen-bond acceptors (Lipinski definition) is 5. The van der Waals surface area contributed by atoms with Gasteiger partial charge in [-0.3, -0.25) is 4.79 Å². The van der Waals surface area contributed by atoms with Crippen LogP contribution < -0.4 is 10.1 Å². The highest BCUT2D eigenvalue weighted by Gasteiger charge is 2.11. The fourth-order valence-electron chi connectivity index (χ4n) is 2.67. The second-order valence-corrected chi connectivity index (χ2v) is 5.62. The number of rotatable bonds is 3. The lowest BCUT2D eigenvalue weighted by Gasteiger charge is -2.06. The smallest absolute Gasteiger partial charge is 0.274 e. The van der Waals surface area contributed by atoms with Crippen LogP contribution in [0.5, 0.6) is 5.75 Å². The molecule has 25 heavy (non-hydrogen) atoms. The summed E-state index contributed by atoms with van der Waals surface area (Å²) in [6.07, 6.45) is 0. The molecule has 6 nitrogen and oxygen atoms in total. The lowest BCUT2D eigenvalue weighted by atomic mass is 10.2. The number of carbonyl (C=O) groups excluding carboxylic acids is 1. The van der Waals surface area contributed by atoms with Gasteiger partial charge >= 0.3 is 0 Å². The topological polar surface area (TPSA) is 77.2 Å². The summed E-state index contributed by atoms with van der Waals surface area (Å²) >= 11 is 0. The Kier molecular flexibility index (Phi) is 3.57. The van der Waals surface area contributed by atoms with Gasteiger partial charge in [-0.25, -0.2) is 9.97 Å². The van der Waals surface area contributed by atoms with Crippen LogP contribution in [0.15, 0.2) is 52.9 Å². The molecule has 0 spiro atoms. The van der Waals surface area contributed by atoms with E-state index in [1.54, 1.807) is 38.3 Å². The molecule has 2 aromatic carbocycles. The Morgan fingerprint density at radius 3 is 2.76 bits per heavy atom. The van der Waals surface area contributed by atoms with Crippen molar-refractivity contribution >= 4 is 33.6 Å². The van der Waals surface area contributed by atoms with Gasteiger partial charge in [0.15, 0.2) is 11.5 Å². The maximum Gasteiger partial charge on any atom is 0.274 e. The van der Waals surface area contributed by atoms with Gasteiger partial charge in [0.1, 0.15) is 17.0 Å². The van der Waals surface area contributed by atoms with Gasteiger partial charge in [-0.2, -0.15) is 0 Å². The average Bonchev–Trinajstić information content (AvgIpc) is 3.00. The number of benzene rings is 2. The number of aromatic nitrogens is 2. The minimum absolute atomic E-state index is 0.280. The van der Waals surface area contributed by atoms with Crippen LogP contribution in [-0.4, -0.2) is 23.0 Å². The molecule has 0 unspecified atom stereocenters. The van der Waals surface area contributed by atoms with Gasteiger partial charge in [0.25, 0.3) is 5.91 Å². The second-order valence-electron chi connectivity index (χ2n) is 5.62. The van der Waals surface area contributed by atoms with Crippen molar-refractivity contribution in [1.82, 2.24) is 9.97 Å². The van der Waals surface area contributed by atoms with Crippen LogP contribution in [-0.2, 0) is 0 Å². The molecule has 0 aliphatic rings. The summed E-state index contributed by atoms with van der Waals surface area (Å²) in [6, 6.07) is 14.4. The van der Waals surface area contributed by atoms with Crippen molar-refractivity contribution < 1.29 is 13.9 Å². The van der Waals surface area contributed by atoms with Crippen molar-refractivity contribution in [3.8, 4) is 5.75 Å². The van der Waals surface area contributed by atoms with Crippen LogP contribution >= 0.6 is 0 Å². The molecular weight excluding hydrogens is 318 g/mol. The van der Waals surface area contributed by atoms with E-state index in [1.807, 2.05) is 24.3 Å². The highest BCUT2D eigenvalue weighted by Crippen LogP contribution is 2.22. The van der Waals surface area contributed by atoms with Crippen molar-refractivity contribution in [3.05, 3.63) is 60.1 Å². The average molecular weight is 333 g/mol. The first-order chi connectivity index (χ1) is 12.1. The first kappa shape index (κ1) is 15.1. The number of hydrogen-bond donors (Lipinski definition) is 1. The molecule has 2 aromatic heterocycles. The van der Waals surface area contributed by atoms with Gasteiger partial charge in [-0.1, -0.05) is 6.07 Å². The number of fused-ring (bicyclic) bond motifs is 2. The lowest BCUT2D eigenvalue weighted by molar-refractivity contribution is 0.102. The Balaban J connectivity index is 1.61. The fraction of sp³-hybridized carbons (Fsp3) is 0.105. The summed E-state index contributed by atoms with van der Waals surface area (Å²) in [5.41, 5.74) is 3.11. The van der Waals surface area contributed by atoms with E-state index in [0.29, 0.717) is 28.4 Å². The fourth-order valence-corrected chi connectivity index (χ4v) is 2.67. The number of carbonyl (C=O) groups is 1. The normalized spacial score (nSPS) is 11.0. The van der Waals surface area contributed by atoms with Crippen molar-refractivity contribution in [1.29, 1.82) is 0 Å². The third-order valence-electron chi connectivity index (χ3n) is 3.88. The van der Waals surface area contributed by atoms with E-state index in [-0.39, 0.29) is 5.91 Å². The van der Waals surface area contributed by atoms with E-state index in [1.165, 1.54) is 0 Å². The molecule has 1 N–H and O–H groups in total. The molecule has 0 saturated heterocycles. The summed E-state index contributed by atoms with van der Waals surface area (Å²) in [4.78, 5) is 21.2. The Morgan fingerprint density at radius 1 is 1.04 bits per heavy atom. The molecule has 0 radical (unpaired) electrons. The monoisotopic (exact) mass is 333 g/mol. The minimum atomic E-state index is -0.280. The van der Waals surface area contributed by atoms with E-state index in [0.717, 1.165) is 16.7 Å². The molecule has 2 heterocycles. The van der Waals surface area contributed by atoms with Crippen molar-refractivity contribution in [2.24, 2.45) is 0 Å². The highest BCUT2D eigenvalue weighted by atomic mass is 16.5. The highest BCUT2D eigenvalue weighted by molar-refractivity contribution is 6.04. The van der Waals surface area contributed by atoms with Crippen LogP contribution in [0.4, 0.5) is 5.69 Å². The zero-order chi connectivity index (χ0) is 17.4. The summed E-state index contributed by atoms with van der Waals surface area (Å²) in [7, 11) is 1.61. The molecule has 6 heteroatoms. The SMILES string of the molecule is COc1ccc2nc(C(=O)Nc3ccc4oc(C)nc4c3)ccc2c1. The lowest BCUT2D eigenvalue weighted by Crippen LogP contribution is -2.13. The number of aryl methyl sites for hydroxylation is 1. The quantitative estimate of drug-likeness (QED) is 0.614. The standard InChI is InChI=1S/C19H15N3O3/c1-11-20-17-10-13(4-8-18(17)25-11)21-19(23)16-6-3-12-9-14(24-2)5-7-15(12)22-16/h3-10H,1-2H3,(H,21,23). The van der Waals surface area contributed by atoms with Gasteiger partial charge in [0, 0.05) is 18.0 Å². The largest absolute Gasteiger partial charge is 0.497 e. The zero-order valence-corrected chi connectivity index (χ0v) is 13.7. The van der Waals surface area contributed by atoms with Gasteiger partial charge in [-0.05, 0) is 42.5 Å². The van der Waals surface area contributed by atoms with Crippen molar-refractivity contribution in [2.75, 3.05) is 12.4 Å². The van der Waals surface area contributed by atoms with Gasteiger partial charge in [0.05, 0.1) is 12.6 Å². The number of methoxy groups -OCH3 is 1. The predicted molar refractivity (Wildman–Crippen MR) is 95.0 cm³/mol. The van der Waals surface area contributed by atoms with Crippen molar-refractivity contribution in [2.45, 2.75) is 6.92 Å². The molecule has 0 fully saturated rings. The third-order valence-corrected chi connectivity index (χ3v) is 3.88. The molecule has 4 rings (SSSR count). The second kappa shape index (κ2) is 5.90. The number of amides is 1. The maximum absolute atomic E-state index is 12.5. The minimum Gasteiger partial charge on any atom is -0.497 e. The number of oxazole rings is 1. The molecule has 1 amide bonds. The van der Waals surface area contributed by atoms with Crippen LogP contribution in [0.1, 0.15) is 16.4 Å². The van der Waals surface area contributed by atoms with Crippen LogP contribution in [0.25, 0.3) is 22.0 Å². The number of nitrogens with one attached hydrogen (secondary N) is 1. The van der Waals surface area contributed by atoms with Gasteiger partial charge < -0.3 is 14.5 Å².